The first kappa shape index (κ1) is 15.1. The van der Waals surface area contributed by atoms with Crippen LogP contribution < -0.4 is 0 Å². The number of benzene rings is 2. The molecule has 1 heterocycles. The van der Waals surface area contributed by atoms with Crippen LogP contribution in [0.1, 0.15) is 53.0 Å². The van der Waals surface area contributed by atoms with E-state index in [0.717, 1.165) is 36.1 Å². The minimum atomic E-state index is 0.0251. The molecule has 0 saturated carbocycles. The highest BCUT2D eigenvalue weighted by Crippen LogP contribution is 2.37. The summed E-state index contributed by atoms with van der Waals surface area (Å²) < 4.78 is 0. The fourth-order valence-corrected chi connectivity index (χ4v) is 4.06. The highest BCUT2D eigenvalue weighted by atomic mass is 16.2. The molecule has 2 aromatic carbocycles. The minimum absolute atomic E-state index is 0.0251. The average Bonchev–Trinajstić information content (AvgIpc) is 3.19. The summed E-state index contributed by atoms with van der Waals surface area (Å²) >= 11 is 0. The Balaban J connectivity index is 1.70. The lowest BCUT2D eigenvalue weighted by molar-refractivity contribution is 0.0701. The molecule has 0 radical (unpaired) electrons. The topological polar surface area (TPSA) is 37.4 Å². The second kappa shape index (κ2) is 5.59. The Kier molecular flexibility index (Phi) is 3.52. The van der Waals surface area contributed by atoms with Crippen LogP contribution in [-0.4, -0.2) is 29.2 Å². The maximum Gasteiger partial charge on any atom is 0.254 e. The Morgan fingerprint density at radius 1 is 1.04 bits per heavy atom. The van der Waals surface area contributed by atoms with Crippen molar-refractivity contribution in [2.45, 2.75) is 32.7 Å². The van der Waals surface area contributed by atoms with Gasteiger partial charge in [-0.3, -0.25) is 9.59 Å². The molecule has 0 aromatic heterocycles. The standard InChI is InChI=1S/C21H21NO2/c1-13(2)19-8-5-11-22(19)21(24)14-9-10-16-15-6-3-4-7-17(15)20(23)18(16)12-14/h3-4,6-7,9-10,12-13,19H,5,8,11H2,1-2H3/t19-/m0/s1. The summed E-state index contributed by atoms with van der Waals surface area (Å²) in [6.07, 6.45) is 2.13. The van der Waals surface area contributed by atoms with Gasteiger partial charge < -0.3 is 4.90 Å². The lowest BCUT2D eigenvalue weighted by Gasteiger charge is -2.28. The van der Waals surface area contributed by atoms with Crippen LogP contribution in [-0.2, 0) is 0 Å². The maximum absolute atomic E-state index is 13.0. The average molecular weight is 319 g/mol. The quantitative estimate of drug-likeness (QED) is 0.711. The number of fused-ring (bicyclic) bond motifs is 3. The Labute approximate surface area is 142 Å². The molecule has 1 amide bonds. The van der Waals surface area contributed by atoms with Crippen molar-refractivity contribution in [3.8, 4) is 11.1 Å². The minimum Gasteiger partial charge on any atom is -0.335 e. The van der Waals surface area contributed by atoms with Crippen LogP contribution in [0.3, 0.4) is 0 Å². The molecule has 0 N–H and O–H groups in total. The van der Waals surface area contributed by atoms with E-state index in [1.807, 2.05) is 41.3 Å². The highest BCUT2D eigenvalue weighted by Gasteiger charge is 2.33. The van der Waals surface area contributed by atoms with E-state index in [0.29, 0.717) is 23.1 Å². The third-order valence-corrected chi connectivity index (χ3v) is 5.30. The SMILES string of the molecule is CC(C)[C@@H]1CCCN1C(=O)c1ccc2c(c1)C(=O)c1ccccc1-2. The van der Waals surface area contributed by atoms with E-state index in [4.69, 9.17) is 0 Å². The van der Waals surface area contributed by atoms with Crippen molar-refractivity contribution in [3.05, 3.63) is 59.2 Å². The lowest BCUT2D eigenvalue weighted by atomic mass is 10.00. The van der Waals surface area contributed by atoms with Gasteiger partial charge in [-0.15, -0.1) is 0 Å². The van der Waals surface area contributed by atoms with Gasteiger partial charge in [0, 0.05) is 29.3 Å². The Hall–Kier alpha value is -2.42. The van der Waals surface area contributed by atoms with Gasteiger partial charge in [-0.05, 0) is 42.0 Å². The third kappa shape index (κ3) is 2.19. The van der Waals surface area contributed by atoms with Gasteiger partial charge in [-0.25, -0.2) is 0 Å². The van der Waals surface area contributed by atoms with E-state index >= 15 is 0 Å². The van der Waals surface area contributed by atoms with Gasteiger partial charge >= 0.3 is 0 Å². The second-order valence-corrected chi connectivity index (χ2v) is 7.09. The van der Waals surface area contributed by atoms with E-state index < -0.39 is 0 Å². The number of rotatable bonds is 2. The number of carbonyl (C=O) groups excluding carboxylic acids is 2. The fraction of sp³-hybridized carbons (Fsp3) is 0.333. The van der Waals surface area contributed by atoms with Crippen molar-refractivity contribution in [1.82, 2.24) is 4.90 Å². The van der Waals surface area contributed by atoms with E-state index in [1.165, 1.54) is 0 Å². The highest BCUT2D eigenvalue weighted by molar-refractivity contribution is 6.22. The van der Waals surface area contributed by atoms with Gasteiger partial charge in [-0.2, -0.15) is 0 Å². The first-order valence-corrected chi connectivity index (χ1v) is 8.67. The number of hydrogen-bond acceptors (Lipinski definition) is 2. The van der Waals surface area contributed by atoms with E-state index in [-0.39, 0.29) is 11.7 Å². The van der Waals surface area contributed by atoms with Crippen LogP contribution in [0, 0.1) is 5.92 Å². The molecule has 2 aromatic rings. The molecule has 24 heavy (non-hydrogen) atoms. The summed E-state index contributed by atoms with van der Waals surface area (Å²) in [7, 11) is 0. The van der Waals surface area contributed by atoms with Gasteiger partial charge in [0.15, 0.2) is 5.78 Å². The molecule has 3 nitrogen and oxygen atoms in total. The summed E-state index contributed by atoms with van der Waals surface area (Å²) in [6.45, 7) is 5.14. The summed E-state index contributed by atoms with van der Waals surface area (Å²) in [5, 5.41) is 0. The number of likely N-dealkylation sites (tertiary alicyclic amines) is 1. The van der Waals surface area contributed by atoms with Gasteiger partial charge in [0.2, 0.25) is 0 Å². The van der Waals surface area contributed by atoms with Gasteiger partial charge in [0.25, 0.3) is 5.91 Å². The molecular formula is C21H21NO2. The molecule has 4 rings (SSSR count). The first-order valence-electron chi connectivity index (χ1n) is 8.67. The van der Waals surface area contributed by atoms with Crippen LogP contribution in [0.5, 0.6) is 0 Å². The predicted molar refractivity (Wildman–Crippen MR) is 94.2 cm³/mol. The lowest BCUT2D eigenvalue weighted by Crippen LogP contribution is -2.38. The van der Waals surface area contributed by atoms with Crippen LogP contribution >= 0.6 is 0 Å². The van der Waals surface area contributed by atoms with Gasteiger partial charge in [-0.1, -0.05) is 44.2 Å². The zero-order chi connectivity index (χ0) is 16.8. The largest absolute Gasteiger partial charge is 0.335 e. The summed E-state index contributed by atoms with van der Waals surface area (Å²) in [6, 6.07) is 13.5. The molecule has 1 fully saturated rings. The van der Waals surface area contributed by atoms with Crippen LogP contribution in [0.25, 0.3) is 11.1 Å². The molecule has 2 aliphatic rings. The van der Waals surface area contributed by atoms with Crippen LogP contribution in [0.15, 0.2) is 42.5 Å². The summed E-state index contributed by atoms with van der Waals surface area (Å²) in [5.41, 5.74) is 3.93. The second-order valence-electron chi connectivity index (χ2n) is 7.09. The van der Waals surface area contributed by atoms with Gasteiger partial charge in [0.1, 0.15) is 0 Å². The predicted octanol–water partition coefficient (Wildman–Crippen LogP) is 4.16. The third-order valence-electron chi connectivity index (χ3n) is 5.30. The number of carbonyl (C=O) groups is 2. The van der Waals surface area contributed by atoms with Crippen molar-refractivity contribution in [3.63, 3.8) is 0 Å². The summed E-state index contributed by atoms with van der Waals surface area (Å²) in [5.74, 6) is 0.534. The number of ketones is 1. The van der Waals surface area contributed by atoms with Crippen molar-refractivity contribution in [2.24, 2.45) is 5.92 Å². The number of amides is 1. The molecule has 0 bridgehead atoms. The van der Waals surface area contributed by atoms with Crippen molar-refractivity contribution in [2.75, 3.05) is 6.54 Å². The van der Waals surface area contributed by atoms with Crippen LogP contribution in [0.4, 0.5) is 0 Å². The molecule has 1 aliphatic carbocycles. The molecule has 0 unspecified atom stereocenters. The monoisotopic (exact) mass is 319 g/mol. The van der Waals surface area contributed by atoms with E-state index in [1.54, 1.807) is 6.07 Å². The molecule has 0 spiro atoms. The summed E-state index contributed by atoms with van der Waals surface area (Å²) in [4.78, 5) is 27.6. The van der Waals surface area contributed by atoms with Crippen LogP contribution in [0.2, 0.25) is 0 Å². The maximum atomic E-state index is 13.0. The van der Waals surface area contributed by atoms with Crippen molar-refractivity contribution < 1.29 is 9.59 Å². The Morgan fingerprint density at radius 3 is 2.50 bits per heavy atom. The zero-order valence-corrected chi connectivity index (χ0v) is 14.1. The Bertz CT molecular complexity index is 837. The van der Waals surface area contributed by atoms with Gasteiger partial charge in [0.05, 0.1) is 0 Å². The molecule has 122 valence electrons. The van der Waals surface area contributed by atoms with Crippen molar-refractivity contribution >= 4 is 11.7 Å². The van der Waals surface area contributed by atoms with E-state index in [2.05, 4.69) is 13.8 Å². The molecule has 1 aliphatic heterocycles. The smallest absolute Gasteiger partial charge is 0.254 e. The van der Waals surface area contributed by atoms with E-state index in [9.17, 15) is 9.59 Å². The number of hydrogen-bond donors (Lipinski definition) is 0. The zero-order valence-electron chi connectivity index (χ0n) is 14.1. The first-order chi connectivity index (χ1) is 11.6. The molecular weight excluding hydrogens is 298 g/mol. The number of nitrogens with zero attached hydrogens (tertiary/aromatic N) is 1. The normalized spacial score (nSPS) is 18.9. The molecule has 1 saturated heterocycles. The molecule has 3 heteroatoms. The van der Waals surface area contributed by atoms with Crippen molar-refractivity contribution in [1.29, 1.82) is 0 Å². The Morgan fingerprint density at radius 2 is 1.75 bits per heavy atom. The molecule has 1 atom stereocenters. The fourth-order valence-electron chi connectivity index (χ4n) is 4.06.